The lowest BCUT2D eigenvalue weighted by molar-refractivity contribution is 0.246. The average Bonchev–Trinajstić information content (AvgIpc) is 2.45. The number of rotatable bonds is 5. The van der Waals surface area contributed by atoms with Crippen molar-refractivity contribution in [3.63, 3.8) is 0 Å². The molecule has 112 valence electrons. The van der Waals surface area contributed by atoms with Gasteiger partial charge in [0.25, 0.3) is 0 Å². The highest BCUT2D eigenvalue weighted by atomic mass is 32.2. The maximum absolute atomic E-state index is 11.8. The molecule has 6 nitrogen and oxygen atoms in total. The van der Waals surface area contributed by atoms with Gasteiger partial charge in [0.1, 0.15) is 10.7 Å². The Balaban J connectivity index is 2.03. The normalized spacial score (nSPS) is 17.1. The fourth-order valence-electron chi connectivity index (χ4n) is 2.29. The molecule has 0 amide bonds. The number of nitrogens with zero attached hydrogens (tertiary/aromatic N) is 3. The number of likely N-dealkylation sites (N-methyl/N-ethyl adjacent to an activating group) is 1. The first-order valence-electron chi connectivity index (χ1n) is 6.78. The summed E-state index contributed by atoms with van der Waals surface area (Å²) >= 11 is 0. The number of sulfone groups is 1. The Kier molecular flexibility index (Phi) is 4.95. The van der Waals surface area contributed by atoms with Gasteiger partial charge in [0.05, 0.1) is 0 Å². The summed E-state index contributed by atoms with van der Waals surface area (Å²) in [6.45, 7) is 5.78. The smallest absolute Gasteiger partial charge is 0.179 e. The summed E-state index contributed by atoms with van der Waals surface area (Å²) in [5.74, 6) is 0.533. The van der Waals surface area contributed by atoms with E-state index in [1.165, 1.54) is 6.26 Å². The molecule has 0 saturated carbocycles. The van der Waals surface area contributed by atoms with Crippen LogP contribution in [0.5, 0.6) is 0 Å². The van der Waals surface area contributed by atoms with Crippen molar-refractivity contribution >= 4 is 15.7 Å². The highest BCUT2D eigenvalue weighted by Crippen LogP contribution is 2.20. The minimum Gasteiger partial charge on any atom is -0.357 e. The molecule has 1 aromatic rings. The Bertz CT molecular complexity index is 541. The molecule has 0 aliphatic carbocycles. The first-order valence-corrected chi connectivity index (χ1v) is 8.67. The molecule has 1 aromatic heterocycles. The fraction of sp³-hybridized carbons (Fsp3) is 0.615. The summed E-state index contributed by atoms with van der Waals surface area (Å²) in [6.07, 6.45) is 2.85. The summed E-state index contributed by atoms with van der Waals surface area (Å²) in [4.78, 5) is 8.81. The van der Waals surface area contributed by atoms with Crippen LogP contribution in [-0.2, 0) is 9.84 Å². The van der Waals surface area contributed by atoms with E-state index in [4.69, 9.17) is 0 Å². The first-order chi connectivity index (χ1) is 9.48. The van der Waals surface area contributed by atoms with Crippen molar-refractivity contribution in [2.45, 2.75) is 4.90 Å². The van der Waals surface area contributed by atoms with E-state index >= 15 is 0 Å². The van der Waals surface area contributed by atoms with E-state index in [9.17, 15) is 8.42 Å². The van der Waals surface area contributed by atoms with E-state index in [1.54, 1.807) is 18.3 Å². The Morgan fingerprint density at radius 3 is 2.75 bits per heavy atom. The van der Waals surface area contributed by atoms with E-state index in [0.29, 0.717) is 10.7 Å². The molecule has 2 rings (SSSR count). The third-order valence-electron chi connectivity index (χ3n) is 3.47. The molecular weight excluding hydrogens is 276 g/mol. The van der Waals surface area contributed by atoms with Crippen LogP contribution in [-0.4, -0.2) is 70.9 Å². The van der Waals surface area contributed by atoms with Gasteiger partial charge in [0, 0.05) is 58.8 Å². The van der Waals surface area contributed by atoms with Crippen LogP contribution in [0.15, 0.2) is 23.2 Å². The summed E-state index contributed by atoms with van der Waals surface area (Å²) < 4.78 is 23.6. The number of hydrogen-bond acceptors (Lipinski definition) is 6. The zero-order chi connectivity index (χ0) is 14.6. The van der Waals surface area contributed by atoms with Crippen LogP contribution in [0.3, 0.4) is 0 Å². The molecular formula is C13H22N4O2S. The first kappa shape index (κ1) is 15.2. The Labute approximate surface area is 120 Å². The van der Waals surface area contributed by atoms with E-state index in [1.807, 2.05) is 11.9 Å². The van der Waals surface area contributed by atoms with Crippen molar-refractivity contribution in [3.05, 3.63) is 18.3 Å². The van der Waals surface area contributed by atoms with Gasteiger partial charge in [0.15, 0.2) is 9.84 Å². The molecule has 2 heterocycles. The Hall–Kier alpha value is -1.18. The molecule has 1 saturated heterocycles. The lowest BCUT2D eigenvalue weighted by Gasteiger charge is -2.29. The highest BCUT2D eigenvalue weighted by molar-refractivity contribution is 7.90. The number of aromatic nitrogens is 1. The van der Waals surface area contributed by atoms with Gasteiger partial charge in [-0.05, 0) is 12.1 Å². The Morgan fingerprint density at radius 2 is 2.10 bits per heavy atom. The van der Waals surface area contributed by atoms with Crippen LogP contribution in [0.2, 0.25) is 0 Å². The summed E-state index contributed by atoms with van der Waals surface area (Å²) in [6, 6.07) is 3.27. The van der Waals surface area contributed by atoms with Crippen LogP contribution in [0.25, 0.3) is 0 Å². The third kappa shape index (κ3) is 3.91. The topological polar surface area (TPSA) is 65.5 Å². The zero-order valence-electron chi connectivity index (χ0n) is 12.0. The molecule has 1 aliphatic heterocycles. The van der Waals surface area contributed by atoms with Crippen LogP contribution in [0.1, 0.15) is 0 Å². The third-order valence-corrected chi connectivity index (χ3v) is 4.59. The predicted octanol–water partition coefficient (Wildman–Crippen LogP) is -0.173. The molecule has 7 heteroatoms. The number of hydrogen-bond donors (Lipinski definition) is 1. The van der Waals surface area contributed by atoms with Crippen molar-refractivity contribution in [2.24, 2.45) is 0 Å². The molecule has 0 aromatic carbocycles. The maximum Gasteiger partial charge on any atom is 0.179 e. The molecule has 0 spiro atoms. The van der Waals surface area contributed by atoms with Gasteiger partial charge < -0.3 is 10.2 Å². The summed E-state index contributed by atoms with van der Waals surface area (Å²) in [7, 11) is -1.36. The van der Waals surface area contributed by atoms with Crippen LogP contribution in [0, 0.1) is 0 Å². The quantitative estimate of drug-likeness (QED) is 0.814. The average molecular weight is 298 g/mol. The molecule has 1 N–H and O–H groups in total. The summed E-state index contributed by atoms with van der Waals surface area (Å²) in [5, 5.41) is 3.32. The zero-order valence-corrected chi connectivity index (χ0v) is 12.9. The number of piperazine rings is 1. The van der Waals surface area contributed by atoms with Gasteiger partial charge in [-0.15, -0.1) is 0 Å². The molecule has 0 unspecified atom stereocenters. The van der Waals surface area contributed by atoms with Crippen molar-refractivity contribution in [2.75, 3.05) is 57.5 Å². The van der Waals surface area contributed by atoms with Crippen molar-refractivity contribution < 1.29 is 8.42 Å². The Morgan fingerprint density at radius 1 is 1.40 bits per heavy atom. The van der Waals surface area contributed by atoms with Crippen molar-refractivity contribution in [3.8, 4) is 0 Å². The standard InChI is InChI=1S/C13H22N4O2S/c1-16(10-11-17-8-6-14-7-9-17)13-12(20(2,18)19)4-3-5-15-13/h3-5,14H,6-11H2,1-2H3. The molecule has 0 atom stereocenters. The lowest BCUT2D eigenvalue weighted by atomic mass is 10.3. The van der Waals surface area contributed by atoms with E-state index in [2.05, 4.69) is 15.2 Å². The van der Waals surface area contributed by atoms with Crippen LogP contribution in [0.4, 0.5) is 5.82 Å². The maximum atomic E-state index is 11.8. The second-order valence-corrected chi connectivity index (χ2v) is 7.09. The SMILES string of the molecule is CN(CCN1CCNCC1)c1ncccc1S(C)(=O)=O. The molecule has 20 heavy (non-hydrogen) atoms. The second-order valence-electron chi connectivity index (χ2n) is 5.11. The summed E-state index contributed by atoms with van der Waals surface area (Å²) in [5.41, 5.74) is 0. The van der Waals surface area contributed by atoms with Gasteiger partial charge >= 0.3 is 0 Å². The monoisotopic (exact) mass is 298 g/mol. The molecule has 1 fully saturated rings. The van der Waals surface area contributed by atoms with Gasteiger partial charge in [-0.3, -0.25) is 4.90 Å². The van der Waals surface area contributed by atoms with Crippen molar-refractivity contribution in [1.29, 1.82) is 0 Å². The molecule has 0 radical (unpaired) electrons. The fourth-order valence-corrected chi connectivity index (χ4v) is 3.16. The predicted molar refractivity (Wildman–Crippen MR) is 79.9 cm³/mol. The van der Waals surface area contributed by atoms with Crippen LogP contribution < -0.4 is 10.2 Å². The van der Waals surface area contributed by atoms with Gasteiger partial charge in [-0.1, -0.05) is 0 Å². The van der Waals surface area contributed by atoms with Gasteiger partial charge in [-0.2, -0.15) is 0 Å². The minimum absolute atomic E-state index is 0.294. The second kappa shape index (κ2) is 6.51. The lowest BCUT2D eigenvalue weighted by Crippen LogP contribution is -2.46. The van der Waals surface area contributed by atoms with Gasteiger partial charge in [-0.25, -0.2) is 13.4 Å². The number of anilines is 1. The number of pyridine rings is 1. The number of nitrogens with one attached hydrogen (secondary N) is 1. The molecule has 0 bridgehead atoms. The largest absolute Gasteiger partial charge is 0.357 e. The van der Waals surface area contributed by atoms with Crippen molar-refractivity contribution in [1.82, 2.24) is 15.2 Å². The molecule has 1 aliphatic rings. The van der Waals surface area contributed by atoms with E-state index in [0.717, 1.165) is 39.3 Å². The van der Waals surface area contributed by atoms with Crippen LogP contribution >= 0.6 is 0 Å². The van der Waals surface area contributed by atoms with E-state index in [-0.39, 0.29) is 0 Å². The minimum atomic E-state index is -3.25. The van der Waals surface area contributed by atoms with E-state index < -0.39 is 9.84 Å². The van der Waals surface area contributed by atoms with Gasteiger partial charge in [0.2, 0.25) is 0 Å². The highest BCUT2D eigenvalue weighted by Gasteiger charge is 2.18.